The van der Waals surface area contributed by atoms with Gasteiger partial charge in [-0.3, -0.25) is 0 Å². The molecule has 0 saturated heterocycles. The van der Waals surface area contributed by atoms with Crippen LogP contribution >= 0.6 is 11.6 Å². The molecule has 19 heavy (non-hydrogen) atoms. The number of rotatable bonds is 2. The third-order valence-electron chi connectivity index (χ3n) is 4.50. The molecule has 0 unspecified atom stereocenters. The number of benzene rings is 1. The van der Waals surface area contributed by atoms with Crippen molar-refractivity contribution in [1.29, 1.82) is 0 Å². The van der Waals surface area contributed by atoms with Gasteiger partial charge in [0.25, 0.3) is 5.79 Å². The van der Waals surface area contributed by atoms with Gasteiger partial charge in [0.15, 0.2) is 11.5 Å². The lowest BCUT2D eigenvalue weighted by atomic mass is 10.0. The quantitative estimate of drug-likeness (QED) is 0.902. The molecule has 1 spiro atoms. The van der Waals surface area contributed by atoms with Crippen molar-refractivity contribution in [2.24, 2.45) is 5.73 Å². The Balaban J connectivity index is 1.64. The van der Waals surface area contributed by atoms with E-state index in [1.165, 1.54) is 12.8 Å². The molecule has 0 aromatic heterocycles. The second kappa shape index (κ2) is 3.80. The van der Waals surface area contributed by atoms with Crippen LogP contribution in [0, 0.1) is 0 Å². The number of ether oxygens (including phenoxy) is 2. The van der Waals surface area contributed by atoms with Gasteiger partial charge in [0.2, 0.25) is 0 Å². The predicted molar refractivity (Wildman–Crippen MR) is 73.8 cm³/mol. The Labute approximate surface area is 118 Å². The first-order valence-corrected chi connectivity index (χ1v) is 7.45. The SMILES string of the molecule is NC1(Cc2cc3c(cc2Cl)OC2(CCCC2)O3)CC1. The lowest BCUT2D eigenvalue weighted by Crippen LogP contribution is -2.34. The Morgan fingerprint density at radius 1 is 1.05 bits per heavy atom. The third-order valence-corrected chi connectivity index (χ3v) is 4.86. The van der Waals surface area contributed by atoms with E-state index in [2.05, 4.69) is 0 Å². The monoisotopic (exact) mass is 279 g/mol. The summed E-state index contributed by atoms with van der Waals surface area (Å²) >= 11 is 6.35. The van der Waals surface area contributed by atoms with E-state index in [-0.39, 0.29) is 5.54 Å². The Bertz CT molecular complexity index is 533. The van der Waals surface area contributed by atoms with Crippen molar-refractivity contribution >= 4 is 11.6 Å². The van der Waals surface area contributed by atoms with E-state index < -0.39 is 5.79 Å². The van der Waals surface area contributed by atoms with Crippen LogP contribution in [-0.2, 0) is 6.42 Å². The van der Waals surface area contributed by atoms with Crippen LogP contribution in [0.3, 0.4) is 0 Å². The zero-order valence-electron chi connectivity index (χ0n) is 10.9. The van der Waals surface area contributed by atoms with Gasteiger partial charge in [-0.25, -0.2) is 0 Å². The van der Waals surface area contributed by atoms with Crippen LogP contribution < -0.4 is 15.2 Å². The first-order chi connectivity index (χ1) is 9.08. The summed E-state index contributed by atoms with van der Waals surface area (Å²) < 4.78 is 12.1. The van der Waals surface area contributed by atoms with Gasteiger partial charge in [-0.15, -0.1) is 0 Å². The van der Waals surface area contributed by atoms with E-state index in [4.69, 9.17) is 26.8 Å². The molecular formula is C15H18ClNO2. The van der Waals surface area contributed by atoms with Crippen molar-refractivity contribution in [3.8, 4) is 11.5 Å². The van der Waals surface area contributed by atoms with Gasteiger partial charge >= 0.3 is 0 Å². The lowest BCUT2D eigenvalue weighted by molar-refractivity contribution is -0.0716. The summed E-state index contributed by atoms with van der Waals surface area (Å²) in [6.07, 6.45) is 7.27. The summed E-state index contributed by atoms with van der Waals surface area (Å²) in [5.41, 5.74) is 7.22. The van der Waals surface area contributed by atoms with Crippen LogP contribution in [0.15, 0.2) is 12.1 Å². The van der Waals surface area contributed by atoms with Gasteiger partial charge in [-0.2, -0.15) is 0 Å². The maximum atomic E-state index is 6.35. The fourth-order valence-electron chi connectivity index (χ4n) is 3.13. The molecule has 102 valence electrons. The molecule has 2 N–H and O–H groups in total. The highest BCUT2D eigenvalue weighted by Gasteiger charge is 2.45. The van der Waals surface area contributed by atoms with Crippen molar-refractivity contribution in [2.75, 3.05) is 0 Å². The Hall–Kier alpha value is -0.930. The molecule has 3 nitrogen and oxygen atoms in total. The maximum absolute atomic E-state index is 6.35. The molecule has 0 amide bonds. The number of fused-ring (bicyclic) bond motifs is 1. The van der Waals surface area contributed by atoms with Crippen LogP contribution in [-0.4, -0.2) is 11.3 Å². The van der Waals surface area contributed by atoms with E-state index in [0.717, 1.165) is 54.2 Å². The third kappa shape index (κ3) is 2.00. The predicted octanol–water partition coefficient (Wildman–Crippen LogP) is 3.42. The molecule has 2 aliphatic carbocycles. The fourth-order valence-corrected chi connectivity index (χ4v) is 3.35. The number of hydrogen-bond acceptors (Lipinski definition) is 3. The molecular weight excluding hydrogens is 262 g/mol. The standard InChI is InChI=1S/C15H18ClNO2/c16-11-8-13-12(7-10(11)9-14(17)5-6-14)18-15(19-13)3-1-2-4-15/h7-8H,1-6,9,17H2. The second-order valence-corrected chi connectivity index (χ2v) is 6.66. The highest BCUT2D eigenvalue weighted by Crippen LogP contribution is 2.49. The molecule has 1 aliphatic heterocycles. The van der Waals surface area contributed by atoms with Crippen molar-refractivity contribution in [1.82, 2.24) is 0 Å². The average molecular weight is 280 g/mol. The summed E-state index contributed by atoms with van der Waals surface area (Å²) in [6.45, 7) is 0. The molecule has 0 bridgehead atoms. The van der Waals surface area contributed by atoms with Crippen LogP contribution in [0.1, 0.15) is 44.1 Å². The van der Waals surface area contributed by atoms with Crippen LogP contribution in [0.5, 0.6) is 11.5 Å². The van der Waals surface area contributed by atoms with Crippen molar-refractivity contribution in [2.45, 2.75) is 56.3 Å². The van der Waals surface area contributed by atoms with E-state index in [9.17, 15) is 0 Å². The van der Waals surface area contributed by atoms with Crippen molar-refractivity contribution in [3.05, 3.63) is 22.7 Å². The zero-order valence-corrected chi connectivity index (χ0v) is 11.6. The van der Waals surface area contributed by atoms with Gasteiger partial charge < -0.3 is 15.2 Å². The van der Waals surface area contributed by atoms with Crippen LogP contribution in [0.25, 0.3) is 0 Å². The summed E-state index contributed by atoms with van der Waals surface area (Å²) in [6, 6.07) is 3.92. The highest BCUT2D eigenvalue weighted by molar-refractivity contribution is 6.31. The minimum Gasteiger partial charge on any atom is -0.448 e. The van der Waals surface area contributed by atoms with E-state index in [1.54, 1.807) is 0 Å². The Morgan fingerprint density at radius 3 is 2.32 bits per heavy atom. The normalized spacial score (nSPS) is 24.9. The molecule has 1 aromatic carbocycles. The smallest absolute Gasteiger partial charge is 0.251 e. The second-order valence-electron chi connectivity index (χ2n) is 6.25. The Kier molecular flexibility index (Phi) is 2.37. The van der Waals surface area contributed by atoms with Gasteiger partial charge in [0, 0.05) is 29.5 Å². The minimum absolute atomic E-state index is 0.0393. The topological polar surface area (TPSA) is 44.5 Å². The molecule has 3 aliphatic rings. The van der Waals surface area contributed by atoms with Gasteiger partial charge in [0.1, 0.15) is 0 Å². The van der Waals surface area contributed by atoms with Gasteiger partial charge in [0.05, 0.1) is 0 Å². The molecule has 1 aromatic rings. The van der Waals surface area contributed by atoms with Gasteiger partial charge in [-0.1, -0.05) is 11.6 Å². The van der Waals surface area contributed by atoms with Crippen LogP contribution in [0.2, 0.25) is 5.02 Å². The first kappa shape index (κ1) is 11.9. The van der Waals surface area contributed by atoms with E-state index in [0.29, 0.717) is 0 Å². The van der Waals surface area contributed by atoms with E-state index >= 15 is 0 Å². The van der Waals surface area contributed by atoms with Crippen molar-refractivity contribution < 1.29 is 9.47 Å². The largest absolute Gasteiger partial charge is 0.448 e. The molecule has 1 heterocycles. The molecule has 0 atom stereocenters. The van der Waals surface area contributed by atoms with E-state index in [1.807, 2.05) is 12.1 Å². The number of nitrogens with two attached hydrogens (primary N) is 1. The average Bonchev–Trinajstić information content (AvgIpc) is 2.81. The van der Waals surface area contributed by atoms with Crippen LogP contribution in [0.4, 0.5) is 0 Å². The summed E-state index contributed by atoms with van der Waals surface area (Å²) in [4.78, 5) is 0. The first-order valence-electron chi connectivity index (χ1n) is 7.07. The lowest BCUT2D eigenvalue weighted by Gasteiger charge is -2.21. The summed E-state index contributed by atoms with van der Waals surface area (Å²) in [7, 11) is 0. The molecule has 4 rings (SSSR count). The molecule has 2 fully saturated rings. The maximum Gasteiger partial charge on any atom is 0.251 e. The zero-order chi connectivity index (χ0) is 13.1. The van der Waals surface area contributed by atoms with Crippen molar-refractivity contribution in [3.63, 3.8) is 0 Å². The molecule has 2 saturated carbocycles. The highest BCUT2D eigenvalue weighted by atomic mass is 35.5. The minimum atomic E-state index is -0.412. The number of hydrogen-bond donors (Lipinski definition) is 1. The summed E-state index contributed by atoms with van der Waals surface area (Å²) in [5.74, 6) is 1.22. The number of halogens is 1. The molecule has 0 radical (unpaired) electrons. The molecule has 4 heteroatoms. The van der Waals surface area contributed by atoms with Gasteiger partial charge in [-0.05, 0) is 43.7 Å². The summed E-state index contributed by atoms with van der Waals surface area (Å²) in [5, 5.41) is 0.745. The Morgan fingerprint density at radius 2 is 1.68 bits per heavy atom. The fraction of sp³-hybridized carbons (Fsp3) is 0.600.